The first-order valence-electron chi connectivity index (χ1n) is 7.65. The number of non-ortho nitro benzene ring substituents is 1. The highest BCUT2D eigenvalue weighted by Gasteiger charge is 2.24. The van der Waals surface area contributed by atoms with Gasteiger partial charge in [-0.3, -0.25) is 15.0 Å². The molecule has 0 radical (unpaired) electrons. The van der Waals surface area contributed by atoms with E-state index in [-0.39, 0.29) is 18.0 Å². The van der Waals surface area contributed by atoms with E-state index in [1.807, 2.05) is 0 Å². The Bertz CT molecular complexity index is 752. The fourth-order valence-corrected chi connectivity index (χ4v) is 2.10. The summed E-state index contributed by atoms with van der Waals surface area (Å²) in [5, 5.41) is 10.8. The molecule has 0 spiro atoms. The second-order valence-corrected chi connectivity index (χ2v) is 6.47. The summed E-state index contributed by atoms with van der Waals surface area (Å²) in [6, 6.07) is 11.3. The van der Waals surface area contributed by atoms with Gasteiger partial charge in [-0.05, 0) is 50.6 Å². The largest absolute Gasteiger partial charge is 0.443 e. The van der Waals surface area contributed by atoms with Gasteiger partial charge < -0.3 is 4.74 Å². The summed E-state index contributed by atoms with van der Waals surface area (Å²) in [6.45, 7) is 5.39. The first kappa shape index (κ1) is 18.4. The summed E-state index contributed by atoms with van der Waals surface area (Å²) in [4.78, 5) is 24.2. The average Bonchev–Trinajstić information content (AvgIpc) is 2.52. The van der Waals surface area contributed by atoms with Crippen LogP contribution in [0.3, 0.4) is 0 Å². The zero-order chi connectivity index (χ0) is 18.6. The van der Waals surface area contributed by atoms with Crippen LogP contribution in [0.5, 0.6) is 0 Å². The van der Waals surface area contributed by atoms with Crippen molar-refractivity contribution >= 4 is 17.5 Å². The van der Waals surface area contributed by atoms with Crippen LogP contribution in [0, 0.1) is 15.9 Å². The molecule has 2 aromatic rings. The molecule has 0 heterocycles. The highest BCUT2D eigenvalue weighted by Crippen LogP contribution is 2.23. The molecule has 0 saturated heterocycles. The third kappa shape index (κ3) is 5.27. The molecule has 2 aromatic carbocycles. The number of carbonyl (C=O) groups excluding carboxylic acids is 1. The van der Waals surface area contributed by atoms with Crippen molar-refractivity contribution in [2.45, 2.75) is 32.9 Å². The van der Waals surface area contributed by atoms with E-state index >= 15 is 0 Å². The Morgan fingerprint density at radius 3 is 2.16 bits per heavy atom. The molecule has 25 heavy (non-hydrogen) atoms. The fraction of sp³-hybridized carbons (Fsp3) is 0.278. The number of anilines is 1. The van der Waals surface area contributed by atoms with E-state index in [0.29, 0.717) is 11.3 Å². The summed E-state index contributed by atoms with van der Waals surface area (Å²) >= 11 is 0. The monoisotopic (exact) mass is 346 g/mol. The standard InChI is InChI=1S/C18H19FN2O4/c1-18(2,3)25-17(22)20(12-13-4-6-14(19)7-5-13)15-8-10-16(11-9-15)21(23)24/h4-11H,12H2,1-3H3. The van der Waals surface area contributed by atoms with Gasteiger partial charge in [0.15, 0.2) is 0 Å². The minimum atomic E-state index is -0.696. The molecular formula is C18H19FN2O4. The van der Waals surface area contributed by atoms with E-state index in [2.05, 4.69) is 0 Å². The van der Waals surface area contributed by atoms with Gasteiger partial charge in [-0.25, -0.2) is 9.18 Å². The molecule has 0 bridgehead atoms. The predicted molar refractivity (Wildman–Crippen MR) is 91.9 cm³/mol. The quantitative estimate of drug-likeness (QED) is 0.595. The third-order valence-corrected chi connectivity index (χ3v) is 3.24. The number of hydrogen-bond acceptors (Lipinski definition) is 4. The number of nitrogens with zero attached hydrogens (tertiary/aromatic N) is 2. The Hall–Kier alpha value is -2.96. The number of amides is 1. The van der Waals surface area contributed by atoms with Crippen LogP contribution in [0.1, 0.15) is 26.3 Å². The number of benzene rings is 2. The molecule has 6 nitrogen and oxygen atoms in total. The zero-order valence-electron chi connectivity index (χ0n) is 14.2. The molecule has 2 rings (SSSR count). The maximum absolute atomic E-state index is 13.1. The Morgan fingerprint density at radius 1 is 1.12 bits per heavy atom. The first-order valence-corrected chi connectivity index (χ1v) is 7.65. The van der Waals surface area contributed by atoms with Gasteiger partial charge in [0.25, 0.3) is 5.69 Å². The lowest BCUT2D eigenvalue weighted by Crippen LogP contribution is -2.36. The molecule has 1 amide bonds. The van der Waals surface area contributed by atoms with E-state index in [9.17, 15) is 19.3 Å². The summed E-state index contributed by atoms with van der Waals surface area (Å²) in [5.74, 6) is -0.372. The number of nitro groups is 1. The Balaban J connectivity index is 2.32. The predicted octanol–water partition coefficient (Wildman–Crippen LogP) is 4.68. The number of ether oxygens (including phenoxy) is 1. The van der Waals surface area contributed by atoms with Crippen LogP contribution in [0.25, 0.3) is 0 Å². The molecule has 0 aliphatic heterocycles. The van der Waals surface area contributed by atoms with Gasteiger partial charge >= 0.3 is 6.09 Å². The molecule has 132 valence electrons. The minimum absolute atomic E-state index is 0.0744. The lowest BCUT2D eigenvalue weighted by Gasteiger charge is -2.27. The van der Waals surface area contributed by atoms with Gasteiger partial charge in [0.2, 0.25) is 0 Å². The van der Waals surface area contributed by atoms with Gasteiger partial charge in [-0.1, -0.05) is 12.1 Å². The van der Waals surface area contributed by atoms with Crippen LogP contribution < -0.4 is 4.90 Å². The van der Waals surface area contributed by atoms with Crippen molar-refractivity contribution in [1.82, 2.24) is 0 Å². The van der Waals surface area contributed by atoms with Crippen molar-refractivity contribution in [2.75, 3.05) is 4.90 Å². The van der Waals surface area contributed by atoms with Crippen molar-refractivity contribution in [3.05, 3.63) is 70.0 Å². The van der Waals surface area contributed by atoms with Crippen LogP contribution in [0.2, 0.25) is 0 Å². The lowest BCUT2D eigenvalue weighted by atomic mass is 10.2. The van der Waals surface area contributed by atoms with Gasteiger partial charge in [-0.2, -0.15) is 0 Å². The van der Waals surface area contributed by atoms with E-state index in [0.717, 1.165) is 0 Å². The van der Waals surface area contributed by atoms with Crippen molar-refractivity contribution in [1.29, 1.82) is 0 Å². The average molecular weight is 346 g/mol. The molecule has 0 aliphatic carbocycles. The van der Waals surface area contributed by atoms with E-state index in [4.69, 9.17) is 4.74 Å². The second-order valence-electron chi connectivity index (χ2n) is 6.47. The molecule has 0 fully saturated rings. The van der Waals surface area contributed by atoms with Crippen LogP contribution in [-0.2, 0) is 11.3 Å². The van der Waals surface area contributed by atoms with Gasteiger partial charge in [0.05, 0.1) is 11.5 Å². The van der Waals surface area contributed by atoms with Crippen LogP contribution in [0.15, 0.2) is 48.5 Å². The lowest BCUT2D eigenvalue weighted by molar-refractivity contribution is -0.384. The summed E-state index contributed by atoms with van der Waals surface area (Å²) in [7, 11) is 0. The second kappa shape index (κ2) is 7.29. The number of hydrogen-bond donors (Lipinski definition) is 0. The number of carbonyl (C=O) groups is 1. The molecule has 0 saturated carbocycles. The number of rotatable bonds is 4. The third-order valence-electron chi connectivity index (χ3n) is 3.24. The molecule has 0 atom stereocenters. The van der Waals surface area contributed by atoms with Gasteiger partial charge in [0, 0.05) is 17.8 Å². The Kier molecular flexibility index (Phi) is 5.36. The topological polar surface area (TPSA) is 72.7 Å². The van der Waals surface area contributed by atoms with Crippen molar-refractivity contribution in [3.8, 4) is 0 Å². The summed E-state index contributed by atoms with van der Waals surface area (Å²) in [6.07, 6.45) is -0.592. The smallest absolute Gasteiger partial charge is 0.415 e. The van der Waals surface area contributed by atoms with E-state index in [1.54, 1.807) is 32.9 Å². The van der Waals surface area contributed by atoms with E-state index < -0.39 is 16.6 Å². The van der Waals surface area contributed by atoms with Crippen LogP contribution in [0.4, 0.5) is 20.6 Å². The maximum atomic E-state index is 13.1. The highest BCUT2D eigenvalue weighted by atomic mass is 19.1. The van der Waals surface area contributed by atoms with Crippen molar-refractivity contribution < 1.29 is 18.8 Å². The minimum Gasteiger partial charge on any atom is -0.443 e. The van der Waals surface area contributed by atoms with Crippen molar-refractivity contribution in [3.63, 3.8) is 0 Å². The fourth-order valence-electron chi connectivity index (χ4n) is 2.10. The maximum Gasteiger partial charge on any atom is 0.415 e. The Morgan fingerprint density at radius 2 is 1.68 bits per heavy atom. The van der Waals surface area contributed by atoms with Gasteiger partial charge in [-0.15, -0.1) is 0 Å². The van der Waals surface area contributed by atoms with E-state index in [1.165, 1.54) is 41.3 Å². The molecule has 0 N–H and O–H groups in total. The number of nitro benzene ring substituents is 1. The van der Waals surface area contributed by atoms with Crippen LogP contribution in [-0.4, -0.2) is 16.6 Å². The molecule has 0 unspecified atom stereocenters. The number of halogens is 1. The summed E-state index contributed by atoms with van der Waals surface area (Å²) < 4.78 is 18.5. The molecule has 7 heteroatoms. The van der Waals surface area contributed by atoms with Crippen LogP contribution >= 0.6 is 0 Å². The van der Waals surface area contributed by atoms with Gasteiger partial charge in [0.1, 0.15) is 11.4 Å². The first-order chi connectivity index (χ1) is 11.7. The molecule has 0 aliphatic rings. The molecule has 0 aromatic heterocycles. The zero-order valence-corrected chi connectivity index (χ0v) is 14.2. The summed E-state index contributed by atoms with van der Waals surface area (Å²) in [5.41, 5.74) is 0.378. The highest BCUT2D eigenvalue weighted by molar-refractivity contribution is 5.88. The SMILES string of the molecule is CC(C)(C)OC(=O)N(Cc1ccc(F)cc1)c1ccc([N+](=O)[O-])cc1. The Labute approximate surface area is 145 Å². The normalized spacial score (nSPS) is 11.0. The van der Waals surface area contributed by atoms with Crippen molar-refractivity contribution in [2.24, 2.45) is 0 Å². The molecular weight excluding hydrogens is 327 g/mol.